The Morgan fingerprint density at radius 3 is 2.67 bits per heavy atom. The van der Waals surface area contributed by atoms with Crippen molar-refractivity contribution in [1.82, 2.24) is 20.2 Å². The van der Waals surface area contributed by atoms with Gasteiger partial charge in [-0.2, -0.15) is 5.10 Å². The predicted molar refractivity (Wildman–Crippen MR) is 105 cm³/mol. The maximum Gasteiger partial charge on any atom is 0.269 e. The zero-order chi connectivity index (χ0) is 19.1. The van der Waals surface area contributed by atoms with Gasteiger partial charge in [0.25, 0.3) is 5.91 Å². The Kier molecular flexibility index (Phi) is 3.84. The van der Waals surface area contributed by atoms with Gasteiger partial charge >= 0.3 is 0 Å². The van der Waals surface area contributed by atoms with Crippen LogP contribution in [0.15, 0.2) is 42.6 Å². The lowest BCUT2D eigenvalue weighted by Gasteiger charge is -2.14. The number of aryl methyl sites for hydroxylation is 2. The highest BCUT2D eigenvalue weighted by Gasteiger charge is 2.21. The number of aromatic amines is 1. The van der Waals surface area contributed by atoms with Crippen LogP contribution in [0, 0.1) is 13.8 Å². The Hall–Kier alpha value is -3.74. The largest absolute Gasteiger partial charge is 0.395 e. The van der Waals surface area contributed by atoms with Gasteiger partial charge in [0.05, 0.1) is 23.1 Å². The number of nitrogens with two attached hydrogens (primary N) is 2. The topological polar surface area (TPSA) is 124 Å². The Morgan fingerprint density at radius 1 is 1.11 bits per heavy atom. The average Bonchev–Trinajstić information content (AvgIpc) is 3.11. The van der Waals surface area contributed by atoms with Crippen molar-refractivity contribution in [2.75, 3.05) is 5.73 Å². The van der Waals surface area contributed by atoms with Crippen LogP contribution in [-0.4, -0.2) is 26.1 Å². The zero-order valence-corrected chi connectivity index (χ0v) is 14.9. The molecule has 2 heterocycles. The van der Waals surface area contributed by atoms with Crippen molar-refractivity contribution in [2.45, 2.75) is 13.8 Å². The van der Waals surface area contributed by atoms with E-state index in [9.17, 15) is 4.79 Å². The quantitative estimate of drug-likeness (QED) is 0.519. The summed E-state index contributed by atoms with van der Waals surface area (Å²) in [5.74, 6) is -0.293. The van der Waals surface area contributed by atoms with E-state index in [1.54, 1.807) is 6.20 Å². The first-order valence-electron chi connectivity index (χ1n) is 8.43. The first-order chi connectivity index (χ1) is 13.0. The van der Waals surface area contributed by atoms with E-state index in [0.29, 0.717) is 11.5 Å². The third-order valence-electron chi connectivity index (χ3n) is 4.52. The summed E-state index contributed by atoms with van der Waals surface area (Å²) in [4.78, 5) is 21.0. The van der Waals surface area contributed by atoms with Gasteiger partial charge in [0.15, 0.2) is 11.5 Å². The maximum atomic E-state index is 12.0. The van der Waals surface area contributed by atoms with Gasteiger partial charge < -0.3 is 11.5 Å². The van der Waals surface area contributed by atoms with Crippen molar-refractivity contribution in [3.63, 3.8) is 0 Å². The molecule has 0 bridgehead atoms. The number of benzene rings is 2. The van der Waals surface area contributed by atoms with Crippen LogP contribution in [0.4, 0.5) is 5.69 Å². The van der Waals surface area contributed by atoms with Crippen molar-refractivity contribution in [3.05, 3.63) is 59.4 Å². The van der Waals surface area contributed by atoms with Gasteiger partial charge in [0, 0.05) is 16.5 Å². The minimum Gasteiger partial charge on any atom is -0.395 e. The normalized spacial score (nSPS) is 11.0. The van der Waals surface area contributed by atoms with E-state index in [1.165, 1.54) is 0 Å². The van der Waals surface area contributed by atoms with Crippen LogP contribution < -0.4 is 11.5 Å². The van der Waals surface area contributed by atoms with Crippen LogP contribution in [0.2, 0.25) is 0 Å². The van der Waals surface area contributed by atoms with Crippen molar-refractivity contribution in [3.8, 4) is 22.6 Å². The second-order valence-corrected chi connectivity index (χ2v) is 6.48. The van der Waals surface area contributed by atoms with Crippen molar-refractivity contribution < 1.29 is 4.79 Å². The predicted octanol–water partition coefficient (Wildman–Crippen LogP) is 2.98. The van der Waals surface area contributed by atoms with Crippen LogP contribution in [0.25, 0.3) is 33.5 Å². The third kappa shape index (κ3) is 2.79. The summed E-state index contributed by atoms with van der Waals surface area (Å²) < 4.78 is 0. The molecule has 1 amide bonds. The number of H-pyrrole nitrogens is 1. The fourth-order valence-corrected chi connectivity index (χ4v) is 3.20. The van der Waals surface area contributed by atoms with Gasteiger partial charge in [0.2, 0.25) is 0 Å². The molecule has 7 nitrogen and oxygen atoms in total. The van der Waals surface area contributed by atoms with Gasteiger partial charge in [-0.15, -0.1) is 0 Å². The molecule has 134 valence electrons. The highest BCUT2D eigenvalue weighted by molar-refractivity contribution is 6.04. The van der Waals surface area contributed by atoms with Crippen LogP contribution in [-0.2, 0) is 0 Å². The lowest BCUT2D eigenvalue weighted by atomic mass is 9.99. The fraction of sp³-hybridized carbons (Fsp3) is 0.100. The van der Waals surface area contributed by atoms with E-state index in [1.807, 2.05) is 50.2 Å². The summed E-state index contributed by atoms with van der Waals surface area (Å²) in [6.45, 7) is 3.94. The monoisotopic (exact) mass is 358 g/mol. The summed E-state index contributed by atoms with van der Waals surface area (Å²) in [7, 11) is 0. The summed E-state index contributed by atoms with van der Waals surface area (Å²) in [6, 6.07) is 11.6. The number of rotatable bonds is 3. The molecule has 7 heteroatoms. The molecule has 27 heavy (non-hydrogen) atoms. The number of nitrogens with one attached hydrogen (secondary N) is 1. The zero-order valence-electron chi connectivity index (χ0n) is 14.9. The molecule has 0 spiro atoms. The Labute approximate surface area is 155 Å². The molecule has 2 aromatic carbocycles. The van der Waals surface area contributed by atoms with Gasteiger partial charge in [0.1, 0.15) is 0 Å². The average molecular weight is 358 g/mol. The van der Waals surface area contributed by atoms with Gasteiger partial charge in [-0.05, 0) is 31.5 Å². The first kappa shape index (κ1) is 16.7. The highest BCUT2D eigenvalue weighted by atomic mass is 16.1. The summed E-state index contributed by atoms with van der Waals surface area (Å²) >= 11 is 0. The van der Waals surface area contributed by atoms with E-state index < -0.39 is 5.91 Å². The molecule has 4 rings (SSSR count). The smallest absolute Gasteiger partial charge is 0.269 e. The van der Waals surface area contributed by atoms with E-state index in [4.69, 9.17) is 16.5 Å². The number of hydrogen-bond acceptors (Lipinski definition) is 5. The SMILES string of the molecule is Cc1cccc(-c2nc(C(N)=O)c(N)c(-c3c(C)ccc4[nH]ncc34)n2)c1. The minimum absolute atomic E-state index is 0.0106. The number of primary amides is 1. The number of carbonyl (C=O) groups excluding carboxylic acids is 1. The van der Waals surface area contributed by atoms with Crippen LogP contribution in [0.3, 0.4) is 0 Å². The molecule has 5 N–H and O–H groups in total. The second kappa shape index (κ2) is 6.21. The Bertz CT molecular complexity index is 1190. The fourth-order valence-electron chi connectivity index (χ4n) is 3.20. The lowest BCUT2D eigenvalue weighted by Crippen LogP contribution is -2.18. The van der Waals surface area contributed by atoms with Gasteiger partial charge in [-0.25, -0.2) is 9.97 Å². The minimum atomic E-state index is -0.693. The Morgan fingerprint density at radius 2 is 1.93 bits per heavy atom. The maximum absolute atomic E-state index is 12.0. The molecule has 0 saturated heterocycles. The van der Waals surface area contributed by atoms with E-state index in [-0.39, 0.29) is 11.4 Å². The number of amides is 1. The molecule has 0 fully saturated rings. The number of anilines is 1. The Balaban J connectivity index is 2.07. The highest BCUT2D eigenvalue weighted by Crippen LogP contribution is 2.35. The molecule has 0 aliphatic carbocycles. The van der Waals surface area contributed by atoms with Crippen LogP contribution in [0.1, 0.15) is 21.6 Å². The standard InChI is InChI=1S/C20H18N6O/c1-10-4-3-5-12(8-10)20-24-17(16(21)18(25-20)19(22)27)15-11(2)6-7-14-13(15)9-23-26-14/h3-9H,21H2,1-2H3,(H2,22,27)(H,23,26). The number of nitrogens with zero attached hydrogens (tertiary/aromatic N) is 3. The van der Waals surface area contributed by atoms with Crippen LogP contribution >= 0.6 is 0 Å². The molecule has 0 radical (unpaired) electrons. The molecule has 0 aliphatic heterocycles. The molecule has 2 aromatic heterocycles. The first-order valence-corrected chi connectivity index (χ1v) is 8.43. The summed E-state index contributed by atoms with van der Waals surface area (Å²) in [5, 5.41) is 7.92. The molecular weight excluding hydrogens is 340 g/mol. The van der Waals surface area contributed by atoms with Gasteiger partial charge in [-0.1, -0.05) is 29.8 Å². The molecule has 0 saturated carbocycles. The molecule has 0 atom stereocenters. The molecule has 4 aromatic rings. The number of hydrogen-bond donors (Lipinski definition) is 3. The number of nitrogen functional groups attached to an aromatic ring is 1. The number of carbonyl (C=O) groups is 1. The van der Waals surface area contributed by atoms with E-state index >= 15 is 0 Å². The lowest BCUT2D eigenvalue weighted by molar-refractivity contribution is 0.0996. The molecule has 0 unspecified atom stereocenters. The van der Waals surface area contributed by atoms with Crippen LogP contribution in [0.5, 0.6) is 0 Å². The van der Waals surface area contributed by atoms with Crippen molar-refractivity contribution in [2.24, 2.45) is 5.73 Å². The summed E-state index contributed by atoms with van der Waals surface area (Å²) in [5.41, 5.74) is 16.9. The van der Waals surface area contributed by atoms with Crippen molar-refractivity contribution >= 4 is 22.5 Å². The number of aromatic nitrogens is 4. The third-order valence-corrected chi connectivity index (χ3v) is 4.52. The van der Waals surface area contributed by atoms with Gasteiger partial charge in [-0.3, -0.25) is 9.89 Å². The summed E-state index contributed by atoms with van der Waals surface area (Å²) in [6.07, 6.45) is 1.72. The van der Waals surface area contributed by atoms with E-state index in [2.05, 4.69) is 15.2 Å². The van der Waals surface area contributed by atoms with Crippen molar-refractivity contribution in [1.29, 1.82) is 0 Å². The molecular formula is C20H18N6O. The van der Waals surface area contributed by atoms with E-state index in [0.717, 1.165) is 33.2 Å². The second-order valence-electron chi connectivity index (χ2n) is 6.48. The number of fused-ring (bicyclic) bond motifs is 1. The molecule has 0 aliphatic rings.